The van der Waals surface area contributed by atoms with E-state index in [1.807, 2.05) is 18.2 Å². The number of rotatable bonds is 8. The molecule has 0 aliphatic carbocycles. The lowest BCUT2D eigenvalue weighted by Crippen LogP contribution is -2.20. The Morgan fingerprint density at radius 2 is 2.15 bits per heavy atom. The van der Waals surface area contributed by atoms with Gasteiger partial charge >= 0.3 is 5.97 Å². The van der Waals surface area contributed by atoms with Crippen LogP contribution < -0.4 is 19.5 Å². The van der Waals surface area contributed by atoms with E-state index in [4.69, 9.17) is 19.3 Å². The van der Waals surface area contributed by atoms with Gasteiger partial charge in [0.1, 0.15) is 0 Å². The first kappa shape index (κ1) is 23.1. The van der Waals surface area contributed by atoms with Gasteiger partial charge in [-0.3, -0.25) is 0 Å². The molecule has 3 aromatic rings. The molecule has 1 aliphatic heterocycles. The number of hydrogen-bond donors (Lipinski definition) is 2. The minimum atomic E-state index is -1.10. The van der Waals surface area contributed by atoms with Gasteiger partial charge in [0, 0.05) is 21.5 Å². The van der Waals surface area contributed by atoms with Crippen molar-refractivity contribution in [3.8, 4) is 28.6 Å². The number of hydrogen-bond acceptors (Lipinski definition) is 9. The average molecular weight is 533 g/mol. The molecular formula is C22H21BrN4O5S. The number of anilines is 1. The first-order chi connectivity index (χ1) is 16.0. The van der Waals surface area contributed by atoms with Gasteiger partial charge in [-0.25, -0.2) is 4.79 Å². The van der Waals surface area contributed by atoms with Gasteiger partial charge < -0.3 is 24.6 Å². The standard InChI is InChI=1S/C22H21BrN4O5S/c1-3-9-33-22-25-21-18(26-27-22)14-10-12(23)7-8-15(14)24-20(32-21)13-5-4-6-16(30-2)19(13)31-11-17(28)29/h4-8,10,20,24H,3,9,11H2,1-2H3,(H,28,29)/t20-/m1/s1. The van der Waals surface area contributed by atoms with Crippen LogP contribution >= 0.6 is 27.7 Å². The first-order valence-electron chi connectivity index (χ1n) is 10.1. The highest BCUT2D eigenvalue weighted by Gasteiger charge is 2.29. The van der Waals surface area contributed by atoms with Crippen molar-refractivity contribution in [2.75, 3.05) is 24.8 Å². The molecule has 1 aliphatic rings. The number of nitrogens with zero attached hydrogens (tertiary/aromatic N) is 3. The number of carboxylic acid groups (broad SMARTS) is 1. The van der Waals surface area contributed by atoms with Crippen LogP contribution in [0.1, 0.15) is 25.1 Å². The van der Waals surface area contributed by atoms with Gasteiger partial charge in [-0.15, -0.1) is 10.2 Å². The number of benzene rings is 2. The number of aromatic nitrogens is 3. The molecule has 172 valence electrons. The lowest BCUT2D eigenvalue weighted by Gasteiger charge is -2.23. The molecule has 11 heteroatoms. The predicted molar refractivity (Wildman–Crippen MR) is 127 cm³/mol. The number of halogens is 1. The van der Waals surface area contributed by atoms with Crippen molar-refractivity contribution < 1.29 is 24.1 Å². The fraction of sp³-hybridized carbons (Fsp3) is 0.273. The molecule has 2 N–H and O–H groups in total. The molecule has 2 heterocycles. The van der Waals surface area contributed by atoms with Crippen LogP contribution in [0.2, 0.25) is 0 Å². The monoisotopic (exact) mass is 532 g/mol. The van der Waals surface area contributed by atoms with Crippen LogP contribution in [0.15, 0.2) is 46.0 Å². The van der Waals surface area contributed by atoms with Crippen molar-refractivity contribution in [3.05, 3.63) is 46.4 Å². The zero-order valence-electron chi connectivity index (χ0n) is 17.9. The summed E-state index contributed by atoms with van der Waals surface area (Å²) in [7, 11) is 1.49. The summed E-state index contributed by atoms with van der Waals surface area (Å²) < 4.78 is 18.2. The Labute approximate surface area is 203 Å². The molecule has 1 aromatic heterocycles. The second-order valence-corrected chi connectivity index (χ2v) is 8.97. The van der Waals surface area contributed by atoms with Gasteiger partial charge in [0.25, 0.3) is 0 Å². The summed E-state index contributed by atoms with van der Waals surface area (Å²) in [5.74, 6) is 0.721. The lowest BCUT2D eigenvalue weighted by atomic mass is 10.1. The van der Waals surface area contributed by atoms with Gasteiger partial charge in [0.05, 0.1) is 12.7 Å². The summed E-state index contributed by atoms with van der Waals surface area (Å²) in [5.41, 5.74) is 2.57. The highest BCUT2D eigenvalue weighted by Crippen LogP contribution is 2.44. The maximum atomic E-state index is 11.2. The van der Waals surface area contributed by atoms with Crippen LogP contribution in [0, 0.1) is 0 Å². The summed E-state index contributed by atoms with van der Waals surface area (Å²) in [6, 6.07) is 11.0. The fourth-order valence-electron chi connectivity index (χ4n) is 3.25. The third-order valence-corrected chi connectivity index (χ3v) is 6.21. The molecule has 0 spiro atoms. The third-order valence-electron chi connectivity index (χ3n) is 4.68. The molecular weight excluding hydrogens is 512 g/mol. The molecule has 0 amide bonds. The molecule has 1 atom stereocenters. The zero-order chi connectivity index (χ0) is 23.4. The zero-order valence-corrected chi connectivity index (χ0v) is 20.3. The van der Waals surface area contributed by atoms with Crippen molar-refractivity contribution in [1.29, 1.82) is 0 Å². The maximum absolute atomic E-state index is 11.2. The van der Waals surface area contributed by atoms with E-state index in [1.54, 1.807) is 18.2 Å². The second-order valence-electron chi connectivity index (χ2n) is 6.99. The second kappa shape index (κ2) is 10.3. The molecule has 2 aromatic carbocycles. The Morgan fingerprint density at radius 1 is 1.30 bits per heavy atom. The highest BCUT2D eigenvalue weighted by molar-refractivity contribution is 9.10. The number of aliphatic carboxylic acids is 1. The molecule has 33 heavy (non-hydrogen) atoms. The van der Waals surface area contributed by atoms with Crippen molar-refractivity contribution in [2.45, 2.75) is 24.7 Å². The molecule has 0 unspecified atom stereocenters. The number of ether oxygens (including phenoxy) is 3. The van der Waals surface area contributed by atoms with Gasteiger partial charge in [0.15, 0.2) is 23.8 Å². The Balaban J connectivity index is 1.82. The number of fused-ring (bicyclic) bond motifs is 3. The van der Waals surface area contributed by atoms with E-state index < -0.39 is 18.8 Å². The van der Waals surface area contributed by atoms with Gasteiger partial charge in [-0.2, -0.15) is 4.98 Å². The van der Waals surface area contributed by atoms with Crippen LogP contribution in [-0.4, -0.2) is 45.7 Å². The summed E-state index contributed by atoms with van der Waals surface area (Å²) in [6.07, 6.45) is 0.214. The van der Waals surface area contributed by atoms with Crippen LogP contribution in [0.4, 0.5) is 5.69 Å². The Hall–Kier alpha value is -3.05. The maximum Gasteiger partial charge on any atom is 0.341 e. The Morgan fingerprint density at radius 3 is 2.91 bits per heavy atom. The van der Waals surface area contributed by atoms with E-state index in [9.17, 15) is 4.79 Å². The SMILES string of the molecule is CCCSc1nnc2c(n1)O[C@H](c1cccc(OC)c1OCC(=O)O)Nc1ccc(Br)cc1-2. The van der Waals surface area contributed by atoms with E-state index in [2.05, 4.69) is 43.4 Å². The molecule has 0 saturated heterocycles. The highest BCUT2D eigenvalue weighted by atomic mass is 79.9. The number of thioether (sulfide) groups is 1. The van der Waals surface area contributed by atoms with Gasteiger partial charge in [0.2, 0.25) is 17.3 Å². The van der Waals surface area contributed by atoms with E-state index >= 15 is 0 Å². The number of carbonyl (C=O) groups is 1. The largest absolute Gasteiger partial charge is 0.493 e. The molecule has 0 bridgehead atoms. The molecule has 4 rings (SSSR count). The molecule has 0 fully saturated rings. The minimum absolute atomic E-state index is 0.268. The average Bonchev–Trinajstić information content (AvgIpc) is 2.97. The van der Waals surface area contributed by atoms with E-state index in [0.717, 1.165) is 27.9 Å². The quantitative estimate of drug-likeness (QED) is 0.392. The molecule has 9 nitrogen and oxygen atoms in total. The molecule has 0 saturated carbocycles. The number of para-hydroxylation sites is 1. The van der Waals surface area contributed by atoms with Crippen LogP contribution in [0.5, 0.6) is 17.4 Å². The van der Waals surface area contributed by atoms with Crippen LogP contribution in [0.25, 0.3) is 11.3 Å². The normalized spacial score (nSPS) is 14.2. The smallest absolute Gasteiger partial charge is 0.341 e. The van der Waals surface area contributed by atoms with Crippen molar-refractivity contribution in [1.82, 2.24) is 15.2 Å². The van der Waals surface area contributed by atoms with Crippen molar-refractivity contribution in [3.63, 3.8) is 0 Å². The lowest BCUT2D eigenvalue weighted by molar-refractivity contribution is -0.139. The third kappa shape index (κ3) is 5.14. The van der Waals surface area contributed by atoms with Gasteiger partial charge in [-0.05, 0) is 36.8 Å². The van der Waals surface area contributed by atoms with Crippen molar-refractivity contribution >= 4 is 39.3 Å². The first-order valence-corrected chi connectivity index (χ1v) is 11.9. The predicted octanol–water partition coefficient (Wildman–Crippen LogP) is 4.78. The summed E-state index contributed by atoms with van der Waals surface area (Å²) >= 11 is 5.01. The van der Waals surface area contributed by atoms with Gasteiger partial charge in [-0.1, -0.05) is 40.7 Å². The number of methoxy groups -OCH3 is 1. The van der Waals surface area contributed by atoms with Crippen LogP contribution in [0.3, 0.4) is 0 Å². The van der Waals surface area contributed by atoms with E-state index in [0.29, 0.717) is 28.0 Å². The Bertz CT molecular complexity index is 1180. The van der Waals surface area contributed by atoms with Crippen LogP contribution in [-0.2, 0) is 4.79 Å². The molecule has 0 radical (unpaired) electrons. The summed E-state index contributed by atoms with van der Waals surface area (Å²) in [5, 5.41) is 21.7. The number of nitrogens with one attached hydrogen (secondary N) is 1. The van der Waals surface area contributed by atoms with E-state index in [1.165, 1.54) is 18.9 Å². The fourth-order valence-corrected chi connectivity index (χ4v) is 4.25. The topological polar surface area (TPSA) is 116 Å². The van der Waals surface area contributed by atoms with E-state index in [-0.39, 0.29) is 5.75 Å². The summed E-state index contributed by atoms with van der Waals surface area (Å²) in [4.78, 5) is 15.8. The Kier molecular flexibility index (Phi) is 7.19. The number of carboxylic acids is 1. The minimum Gasteiger partial charge on any atom is -0.493 e. The summed E-state index contributed by atoms with van der Waals surface area (Å²) in [6.45, 7) is 1.55. The van der Waals surface area contributed by atoms with Crippen molar-refractivity contribution in [2.24, 2.45) is 0 Å².